The number of pyridine rings is 2. The SMILES string of the molecule is CCN1[C@@H]2Cn3c(ccc(-c4ccncc4)c3=O)[C@H]1[C@@H](C(=O)Nc1ccccc1)[C@@H]2CO. The first-order chi connectivity index (χ1) is 15.6. The maximum atomic E-state index is 13.5. The van der Waals surface area contributed by atoms with E-state index in [2.05, 4.69) is 22.1 Å². The van der Waals surface area contributed by atoms with Gasteiger partial charge >= 0.3 is 0 Å². The second-order valence-electron chi connectivity index (χ2n) is 8.39. The maximum Gasteiger partial charge on any atom is 0.258 e. The Morgan fingerprint density at radius 3 is 2.56 bits per heavy atom. The van der Waals surface area contributed by atoms with E-state index < -0.39 is 5.92 Å². The van der Waals surface area contributed by atoms with Gasteiger partial charge in [-0.3, -0.25) is 19.5 Å². The normalized spacial score (nSPS) is 24.2. The number of rotatable bonds is 5. The number of hydrogen-bond donors (Lipinski definition) is 2. The Hall–Kier alpha value is -3.29. The van der Waals surface area contributed by atoms with E-state index >= 15 is 0 Å². The molecule has 2 aliphatic rings. The minimum Gasteiger partial charge on any atom is -0.396 e. The zero-order valence-corrected chi connectivity index (χ0v) is 17.9. The molecule has 1 amide bonds. The van der Waals surface area contributed by atoms with Crippen molar-refractivity contribution < 1.29 is 9.90 Å². The van der Waals surface area contributed by atoms with Crippen LogP contribution >= 0.6 is 0 Å². The van der Waals surface area contributed by atoms with E-state index in [1.54, 1.807) is 17.0 Å². The lowest BCUT2D eigenvalue weighted by Crippen LogP contribution is -2.46. The number of carbonyl (C=O) groups is 1. The van der Waals surface area contributed by atoms with E-state index in [4.69, 9.17) is 0 Å². The summed E-state index contributed by atoms with van der Waals surface area (Å²) in [4.78, 5) is 33.2. The van der Waals surface area contributed by atoms with Crippen molar-refractivity contribution in [1.29, 1.82) is 0 Å². The molecule has 2 aromatic heterocycles. The van der Waals surface area contributed by atoms with Crippen LogP contribution in [0, 0.1) is 11.8 Å². The molecule has 1 fully saturated rings. The van der Waals surface area contributed by atoms with Gasteiger partial charge in [0.05, 0.1) is 12.0 Å². The van der Waals surface area contributed by atoms with Crippen LogP contribution in [0.25, 0.3) is 11.1 Å². The van der Waals surface area contributed by atoms with Crippen LogP contribution in [0.2, 0.25) is 0 Å². The molecule has 0 saturated carbocycles. The number of para-hydroxylation sites is 1. The van der Waals surface area contributed by atoms with Crippen LogP contribution in [0.5, 0.6) is 0 Å². The molecule has 7 heteroatoms. The number of benzene rings is 1. The van der Waals surface area contributed by atoms with Gasteiger partial charge in [-0.25, -0.2) is 0 Å². The summed E-state index contributed by atoms with van der Waals surface area (Å²) in [5, 5.41) is 13.3. The van der Waals surface area contributed by atoms with Gasteiger partial charge in [0.1, 0.15) is 0 Å². The van der Waals surface area contributed by atoms with E-state index in [0.29, 0.717) is 12.1 Å². The highest BCUT2D eigenvalue weighted by molar-refractivity contribution is 5.93. The van der Waals surface area contributed by atoms with Gasteiger partial charge in [0, 0.05) is 54.4 Å². The third-order valence-electron chi connectivity index (χ3n) is 6.87. The molecule has 0 unspecified atom stereocenters. The summed E-state index contributed by atoms with van der Waals surface area (Å²) in [6.07, 6.45) is 3.35. The lowest BCUT2D eigenvalue weighted by molar-refractivity contribution is -0.122. The summed E-state index contributed by atoms with van der Waals surface area (Å²) in [6.45, 7) is 3.15. The average Bonchev–Trinajstić information content (AvgIpc) is 3.06. The lowest BCUT2D eigenvalue weighted by atomic mass is 9.86. The maximum absolute atomic E-state index is 13.5. The van der Waals surface area contributed by atoms with Crippen molar-refractivity contribution in [2.45, 2.75) is 25.6 Å². The standard InChI is InChI=1S/C25H26N4O3/c1-2-28-21-14-29-20(9-8-18(25(29)32)16-10-12-26-13-11-16)23(28)22(19(21)15-30)24(31)27-17-6-4-3-5-7-17/h3-13,19,21-23,30H,2,14-15H2,1H3,(H,27,31)/t19-,21-,22+,23+/m1/s1. The molecular formula is C25H26N4O3. The summed E-state index contributed by atoms with van der Waals surface area (Å²) < 4.78 is 1.80. The predicted octanol–water partition coefficient (Wildman–Crippen LogP) is 2.53. The number of anilines is 1. The predicted molar refractivity (Wildman–Crippen MR) is 122 cm³/mol. The molecule has 7 nitrogen and oxygen atoms in total. The highest BCUT2D eigenvalue weighted by atomic mass is 16.3. The molecular weight excluding hydrogens is 404 g/mol. The van der Waals surface area contributed by atoms with Gasteiger partial charge in [0.25, 0.3) is 5.56 Å². The average molecular weight is 431 g/mol. The number of hydrogen-bond acceptors (Lipinski definition) is 5. The number of fused-ring (bicyclic) bond motifs is 4. The molecule has 2 N–H and O–H groups in total. The zero-order chi connectivity index (χ0) is 22.2. The molecule has 5 rings (SSSR count). The summed E-state index contributed by atoms with van der Waals surface area (Å²) in [6, 6.07) is 16.5. The summed E-state index contributed by atoms with van der Waals surface area (Å²) in [7, 11) is 0. The first-order valence-corrected chi connectivity index (χ1v) is 11.0. The third kappa shape index (κ3) is 3.25. The smallest absolute Gasteiger partial charge is 0.258 e. The second-order valence-corrected chi connectivity index (χ2v) is 8.39. The van der Waals surface area contributed by atoms with Gasteiger partial charge in [-0.15, -0.1) is 0 Å². The largest absolute Gasteiger partial charge is 0.396 e. The molecule has 164 valence electrons. The van der Waals surface area contributed by atoms with Gasteiger partial charge in [-0.1, -0.05) is 25.1 Å². The van der Waals surface area contributed by atoms with Crippen LogP contribution in [0.15, 0.2) is 71.8 Å². The van der Waals surface area contributed by atoms with E-state index in [1.165, 1.54) is 0 Å². The van der Waals surface area contributed by atoms with Gasteiger partial charge in [-0.05, 0) is 48.5 Å². The third-order valence-corrected chi connectivity index (χ3v) is 6.87. The van der Waals surface area contributed by atoms with Gasteiger partial charge < -0.3 is 15.0 Å². The Morgan fingerprint density at radius 2 is 1.88 bits per heavy atom. The fourth-order valence-electron chi connectivity index (χ4n) is 5.45. The first kappa shape index (κ1) is 20.6. The number of aromatic nitrogens is 2. The highest BCUT2D eigenvalue weighted by Crippen LogP contribution is 2.48. The fourth-order valence-corrected chi connectivity index (χ4v) is 5.45. The van der Waals surface area contributed by atoms with E-state index in [0.717, 1.165) is 23.5 Å². The molecule has 1 saturated heterocycles. The summed E-state index contributed by atoms with van der Waals surface area (Å²) in [5.41, 5.74) is 2.92. The number of amides is 1. The van der Waals surface area contributed by atoms with Crippen LogP contribution in [0.1, 0.15) is 18.7 Å². The minimum atomic E-state index is -0.454. The van der Waals surface area contributed by atoms with Crippen LogP contribution in [0.4, 0.5) is 5.69 Å². The molecule has 3 aromatic rings. The number of likely N-dealkylation sites (N-methyl/N-ethyl adjacent to an activating group) is 1. The van der Waals surface area contributed by atoms with Crippen molar-refractivity contribution in [2.24, 2.45) is 11.8 Å². The van der Waals surface area contributed by atoms with Crippen LogP contribution < -0.4 is 10.9 Å². The molecule has 2 bridgehead atoms. The highest BCUT2D eigenvalue weighted by Gasteiger charge is 2.55. The van der Waals surface area contributed by atoms with Crippen LogP contribution in [0.3, 0.4) is 0 Å². The molecule has 2 aliphatic heterocycles. The monoisotopic (exact) mass is 430 g/mol. The Balaban J connectivity index is 1.58. The Kier molecular flexibility index (Phi) is 5.36. The number of nitrogens with one attached hydrogen (secondary N) is 1. The minimum absolute atomic E-state index is 0.0692. The van der Waals surface area contributed by atoms with E-state index in [9.17, 15) is 14.7 Å². The molecule has 32 heavy (non-hydrogen) atoms. The fraction of sp³-hybridized carbons (Fsp3) is 0.320. The molecule has 4 heterocycles. The second kappa shape index (κ2) is 8.33. The number of aliphatic hydroxyl groups excluding tert-OH is 1. The number of nitrogens with zero attached hydrogens (tertiary/aromatic N) is 3. The van der Waals surface area contributed by atoms with Crippen molar-refractivity contribution in [1.82, 2.24) is 14.5 Å². The van der Waals surface area contributed by atoms with Gasteiger partial charge in [-0.2, -0.15) is 0 Å². The summed E-state index contributed by atoms with van der Waals surface area (Å²) in [5.74, 6) is -0.835. The molecule has 0 aliphatic carbocycles. The van der Waals surface area contributed by atoms with Crippen LogP contribution in [-0.2, 0) is 11.3 Å². The van der Waals surface area contributed by atoms with E-state index in [-0.39, 0.29) is 36.1 Å². The summed E-state index contributed by atoms with van der Waals surface area (Å²) >= 11 is 0. The van der Waals surface area contributed by atoms with E-state index in [1.807, 2.05) is 54.6 Å². The molecule has 4 atom stereocenters. The van der Waals surface area contributed by atoms with Gasteiger partial charge in [0.15, 0.2) is 0 Å². The Labute approximate surface area is 186 Å². The number of carbonyl (C=O) groups excluding carboxylic acids is 1. The van der Waals surface area contributed by atoms with Crippen molar-refractivity contribution in [3.05, 3.63) is 83.0 Å². The first-order valence-electron chi connectivity index (χ1n) is 11.0. The molecule has 1 aromatic carbocycles. The van der Waals surface area contributed by atoms with Crippen molar-refractivity contribution >= 4 is 11.6 Å². The zero-order valence-electron chi connectivity index (χ0n) is 17.9. The number of aliphatic hydroxyl groups is 1. The van der Waals surface area contributed by atoms with Gasteiger partial charge in [0.2, 0.25) is 5.91 Å². The molecule has 0 spiro atoms. The van der Waals surface area contributed by atoms with Crippen LogP contribution in [-0.4, -0.2) is 44.7 Å². The topological polar surface area (TPSA) is 87.5 Å². The molecule has 0 radical (unpaired) electrons. The Morgan fingerprint density at radius 1 is 1.12 bits per heavy atom. The Bertz CT molecular complexity index is 1180. The van der Waals surface area contributed by atoms with Crippen molar-refractivity contribution in [3.63, 3.8) is 0 Å². The van der Waals surface area contributed by atoms with Crippen molar-refractivity contribution in [3.8, 4) is 11.1 Å². The lowest BCUT2D eigenvalue weighted by Gasteiger charge is -2.37. The van der Waals surface area contributed by atoms with Crippen molar-refractivity contribution in [2.75, 3.05) is 18.5 Å². The quantitative estimate of drug-likeness (QED) is 0.650.